The molecular formula is C5H7Cl2FO. The summed E-state index contributed by atoms with van der Waals surface area (Å²) >= 11 is 10.0. The Bertz CT molecular complexity index is 132. The Morgan fingerprint density at radius 3 is 1.78 bits per heavy atom. The van der Waals surface area contributed by atoms with Crippen LogP contribution in [0.2, 0.25) is 0 Å². The fourth-order valence-electron chi connectivity index (χ4n) is 0.231. The molecule has 0 spiro atoms. The SMILES string of the molecule is CC(C)(O)C(Cl)=C(F)Cl. The van der Waals surface area contributed by atoms with E-state index < -0.39 is 10.9 Å². The van der Waals surface area contributed by atoms with Crippen molar-refractivity contribution in [1.82, 2.24) is 0 Å². The second-order valence-corrected chi connectivity index (χ2v) is 2.84. The highest BCUT2D eigenvalue weighted by molar-refractivity contribution is 6.38. The van der Waals surface area contributed by atoms with Crippen molar-refractivity contribution in [3.63, 3.8) is 0 Å². The standard InChI is InChI=1S/C5H7Cl2FO/c1-5(2,9)3(6)4(7)8/h9H,1-2H3. The summed E-state index contributed by atoms with van der Waals surface area (Å²) in [4.78, 5) is 0. The zero-order valence-electron chi connectivity index (χ0n) is 5.08. The lowest BCUT2D eigenvalue weighted by atomic mass is 10.1. The minimum absolute atomic E-state index is 0.371. The normalized spacial score (nSPS) is 15.3. The summed E-state index contributed by atoms with van der Waals surface area (Å²) in [6.45, 7) is 2.69. The predicted molar refractivity (Wildman–Crippen MR) is 36.1 cm³/mol. The average molecular weight is 173 g/mol. The van der Waals surface area contributed by atoms with E-state index in [4.69, 9.17) is 28.3 Å². The minimum atomic E-state index is -1.38. The van der Waals surface area contributed by atoms with Crippen LogP contribution >= 0.6 is 23.2 Å². The van der Waals surface area contributed by atoms with Gasteiger partial charge in [0.1, 0.15) is 0 Å². The van der Waals surface area contributed by atoms with E-state index in [2.05, 4.69) is 0 Å². The average Bonchev–Trinajstić information content (AvgIpc) is 1.62. The van der Waals surface area contributed by atoms with Gasteiger partial charge in [0.05, 0.1) is 10.6 Å². The summed E-state index contributed by atoms with van der Waals surface area (Å²) in [7, 11) is 0. The van der Waals surface area contributed by atoms with E-state index in [0.29, 0.717) is 0 Å². The van der Waals surface area contributed by atoms with Gasteiger partial charge in [-0.05, 0) is 25.4 Å². The molecule has 0 heterocycles. The van der Waals surface area contributed by atoms with Crippen molar-refractivity contribution in [3.8, 4) is 0 Å². The molecule has 0 saturated heterocycles. The van der Waals surface area contributed by atoms with Crippen molar-refractivity contribution in [3.05, 3.63) is 10.3 Å². The third-order valence-electron chi connectivity index (χ3n) is 0.703. The van der Waals surface area contributed by atoms with Gasteiger partial charge in [-0.3, -0.25) is 0 Å². The monoisotopic (exact) mass is 172 g/mol. The largest absolute Gasteiger partial charge is 0.385 e. The van der Waals surface area contributed by atoms with Gasteiger partial charge in [0, 0.05) is 0 Å². The molecule has 0 aliphatic carbocycles. The number of aliphatic hydroxyl groups is 1. The molecule has 0 fully saturated rings. The lowest BCUT2D eigenvalue weighted by molar-refractivity contribution is 0.126. The Balaban J connectivity index is 4.40. The quantitative estimate of drug-likeness (QED) is 0.645. The molecule has 0 bridgehead atoms. The highest BCUT2D eigenvalue weighted by Crippen LogP contribution is 2.25. The van der Waals surface area contributed by atoms with Gasteiger partial charge >= 0.3 is 0 Å². The molecule has 9 heavy (non-hydrogen) atoms. The molecule has 0 aromatic heterocycles. The Morgan fingerprint density at radius 2 is 1.78 bits per heavy atom. The summed E-state index contributed by atoms with van der Waals surface area (Å²) in [5.41, 5.74) is -1.38. The Morgan fingerprint density at radius 1 is 1.44 bits per heavy atom. The van der Waals surface area contributed by atoms with Gasteiger partial charge in [0.25, 0.3) is 0 Å². The Kier molecular flexibility index (Phi) is 2.93. The van der Waals surface area contributed by atoms with Crippen molar-refractivity contribution in [2.24, 2.45) is 0 Å². The van der Waals surface area contributed by atoms with E-state index in [1.807, 2.05) is 0 Å². The van der Waals surface area contributed by atoms with E-state index >= 15 is 0 Å². The van der Waals surface area contributed by atoms with E-state index in [-0.39, 0.29) is 5.03 Å². The maximum absolute atomic E-state index is 11.9. The number of halogens is 3. The topological polar surface area (TPSA) is 20.2 Å². The molecule has 1 nitrogen and oxygen atoms in total. The van der Waals surface area contributed by atoms with Gasteiger partial charge in [0.15, 0.2) is 0 Å². The van der Waals surface area contributed by atoms with Crippen LogP contribution in [0.25, 0.3) is 0 Å². The lowest BCUT2D eigenvalue weighted by Gasteiger charge is -2.14. The highest BCUT2D eigenvalue weighted by atomic mass is 35.5. The fourth-order valence-corrected chi connectivity index (χ4v) is 0.462. The molecule has 0 atom stereocenters. The molecule has 0 aromatic rings. The van der Waals surface area contributed by atoms with E-state index in [1.165, 1.54) is 13.8 Å². The Labute approximate surface area is 63.1 Å². The van der Waals surface area contributed by atoms with Gasteiger partial charge in [-0.25, -0.2) is 0 Å². The van der Waals surface area contributed by atoms with Crippen molar-refractivity contribution in [2.75, 3.05) is 0 Å². The van der Waals surface area contributed by atoms with E-state index in [1.54, 1.807) is 0 Å². The minimum Gasteiger partial charge on any atom is -0.385 e. The van der Waals surface area contributed by atoms with E-state index in [0.717, 1.165) is 0 Å². The van der Waals surface area contributed by atoms with Crippen molar-refractivity contribution in [1.29, 1.82) is 0 Å². The molecular weight excluding hydrogens is 166 g/mol. The number of hydrogen-bond donors (Lipinski definition) is 1. The molecule has 0 aliphatic heterocycles. The van der Waals surface area contributed by atoms with Crippen molar-refractivity contribution < 1.29 is 9.50 Å². The molecule has 0 aliphatic rings. The summed E-state index contributed by atoms with van der Waals surface area (Å²) in [6.07, 6.45) is 0. The van der Waals surface area contributed by atoms with Crippen LogP contribution in [-0.4, -0.2) is 10.7 Å². The molecule has 1 N–H and O–H groups in total. The Hall–Kier alpha value is 0.210. The van der Waals surface area contributed by atoms with Crippen LogP contribution in [0.15, 0.2) is 10.3 Å². The molecule has 4 heteroatoms. The first-order chi connectivity index (χ1) is 3.85. The smallest absolute Gasteiger partial charge is 0.206 e. The van der Waals surface area contributed by atoms with Gasteiger partial charge in [-0.2, -0.15) is 4.39 Å². The second kappa shape index (κ2) is 2.86. The van der Waals surface area contributed by atoms with E-state index in [9.17, 15) is 4.39 Å². The summed E-state index contributed by atoms with van der Waals surface area (Å²) in [5.74, 6) is 0. The fraction of sp³-hybridized carbons (Fsp3) is 0.600. The van der Waals surface area contributed by atoms with Crippen LogP contribution in [0.5, 0.6) is 0 Å². The number of rotatable bonds is 1. The van der Waals surface area contributed by atoms with Crippen LogP contribution < -0.4 is 0 Å². The van der Waals surface area contributed by atoms with Crippen LogP contribution in [-0.2, 0) is 0 Å². The highest BCUT2D eigenvalue weighted by Gasteiger charge is 2.20. The van der Waals surface area contributed by atoms with Gasteiger partial charge in [-0.1, -0.05) is 11.6 Å². The molecule has 0 aromatic carbocycles. The van der Waals surface area contributed by atoms with Crippen LogP contribution in [0.3, 0.4) is 0 Å². The molecule has 0 unspecified atom stereocenters. The summed E-state index contributed by atoms with van der Waals surface area (Å²) in [6, 6.07) is 0. The third-order valence-corrected chi connectivity index (χ3v) is 1.62. The maximum Gasteiger partial charge on any atom is 0.206 e. The first kappa shape index (κ1) is 9.21. The van der Waals surface area contributed by atoms with Gasteiger partial charge in [0.2, 0.25) is 5.29 Å². The first-order valence-corrected chi connectivity index (χ1v) is 3.05. The molecule has 0 rings (SSSR count). The third kappa shape index (κ3) is 3.04. The van der Waals surface area contributed by atoms with Crippen LogP contribution in [0.1, 0.15) is 13.8 Å². The molecule has 54 valence electrons. The van der Waals surface area contributed by atoms with Crippen LogP contribution in [0, 0.1) is 0 Å². The number of hydrogen-bond acceptors (Lipinski definition) is 1. The van der Waals surface area contributed by atoms with Crippen molar-refractivity contribution >= 4 is 23.2 Å². The first-order valence-electron chi connectivity index (χ1n) is 2.29. The summed E-state index contributed by atoms with van der Waals surface area (Å²) in [5, 5.41) is 7.51. The zero-order valence-corrected chi connectivity index (χ0v) is 6.59. The lowest BCUT2D eigenvalue weighted by Crippen LogP contribution is -2.18. The summed E-state index contributed by atoms with van der Waals surface area (Å²) < 4.78 is 11.9. The van der Waals surface area contributed by atoms with Gasteiger partial charge in [-0.15, -0.1) is 0 Å². The molecule has 0 radical (unpaired) electrons. The predicted octanol–water partition coefficient (Wildman–Crippen LogP) is 2.37. The second-order valence-electron chi connectivity index (χ2n) is 2.13. The molecule has 0 amide bonds. The van der Waals surface area contributed by atoms with Gasteiger partial charge < -0.3 is 5.11 Å². The maximum atomic E-state index is 11.9. The van der Waals surface area contributed by atoms with Crippen LogP contribution in [0.4, 0.5) is 4.39 Å². The van der Waals surface area contributed by atoms with Crippen molar-refractivity contribution in [2.45, 2.75) is 19.4 Å². The zero-order chi connectivity index (χ0) is 7.65. The molecule has 0 saturated carbocycles.